The van der Waals surface area contributed by atoms with Crippen molar-refractivity contribution in [2.75, 3.05) is 26.3 Å². The number of rotatable bonds is 10. The van der Waals surface area contributed by atoms with E-state index < -0.39 is 6.10 Å². The highest BCUT2D eigenvalue weighted by Gasteiger charge is 2.05. The first-order valence-electron chi connectivity index (χ1n) is 7.04. The van der Waals surface area contributed by atoms with Gasteiger partial charge in [0.25, 0.3) is 0 Å². The Morgan fingerprint density at radius 2 is 2.10 bits per heavy atom. The minimum Gasteiger partial charge on any atom is -0.491 e. The Morgan fingerprint density at radius 3 is 2.76 bits per heavy atom. The smallest absolute Gasteiger partial charge is 0.305 e. The Balaban J connectivity index is 2.04. The molecule has 6 heteroatoms. The molecule has 1 aromatic rings. The van der Waals surface area contributed by atoms with Crippen LogP contribution in [0.25, 0.3) is 0 Å². The number of esters is 1. The number of aliphatic hydroxyl groups is 1. The summed E-state index contributed by atoms with van der Waals surface area (Å²) < 4.78 is 11.3. The second-order valence-electron chi connectivity index (χ2n) is 4.53. The van der Waals surface area contributed by atoms with Crippen LogP contribution in [0.1, 0.15) is 19.8 Å². The van der Waals surface area contributed by atoms with Crippen molar-refractivity contribution in [1.29, 1.82) is 0 Å². The van der Waals surface area contributed by atoms with Crippen LogP contribution in [0.3, 0.4) is 0 Å². The average molecular weight is 360 g/mol. The van der Waals surface area contributed by atoms with Crippen molar-refractivity contribution in [3.8, 4) is 5.75 Å². The fourth-order valence-corrected chi connectivity index (χ4v) is 1.91. The number of aliphatic hydroxyl groups excluding tert-OH is 1. The summed E-state index contributed by atoms with van der Waals surface area (Å²) in [6.07, 6.45) is 0.502. The molecule has 0 aromatic heterocycles. The first-order chi connectivity index (χ1) is 10.1. The van der Waals surface area contributed by atoms with Crippen LogP contribution in [0.2, 0.25) is 0 Å². The summed E-state index contributed by atoms with van der Waals surface area (Å²) in [5.74, 6) is 0.540. The molecule has 0 aliphatic carbocycles. The number of halogens is 1. The van der Waals surface area contributed by atoms with Crippen LogP contribution in [-0.2, 0) is 9.53 Å². The largest absolute Gasteiger partial charge is 0.491 e. The van der Waals surface area contributed by atoms with Gasteiger partial charge in [-0.15, -0.1) is 0 Å². The molecule has 1 atom stereocenters. The summed E-state index contributed by atoms with van der Waals surface area (Å²) in [4.78, 5) is 11.1. The molecule has 0 spiro atoms. The van der Waals surface area contributed by atoms with Gasteiger partial charge in [-0.05, 0) is 44.2 Å². The van der Waals surface area contributed by atoms with E-state index in [0.717, 1.165) is 10.2 Å². The van der Waals surface area contributed by atoms with Crippen molar-refractivity contribution >= 4 is 21.9 Å². The van der Waals surface area contributed by atoms with Crippen molar-refractivity contribution in [3.05, 3.63) is 28.7 Å². The standard InChI is InChI=1S/C15H22BrNO4/c1-2-20-15(19)4-3-9-17-10-13(18)11-21-14-7-5-12(16)6-8-14/h5-8,13,17-18H,2-4,9-11H2,1H3. The SMILES string of the molecule is CCOC(=O)CCCNCC(O)COc1ccc(Br)cc1. The van der Waals surface area contributed by atoms with Crippen LogP contribution in [0.4, 0.5) is 0 Å². The first kappa shape index (κ1) is 17.9. The number of carbonyl (C=O) groups excluding carboxylic acids is 1. The van der Waals surface area contributed by atoms with E-state index in [4.69, 9.17) is 9.47 Å². The van der Waals surface area contributed by atoms with Crippen molar-refractivity contribution in [3.63, 3.8) is 0 Å². The van der Waals surface area contributed by atoms with E-state index in [1.807, 2.05) is 24.3 Å². The van der Waals surface area contributed by atoms with Gasteiger partial charge in [0.2, 0.25) is 0 Å². The third kappa shape index (κ3) is 8.70. The van der Waals surface area contributed by atoms with Gasteiger partial charge in [-0.25, -0.2) is 0 Å². The average Bonchev–Trinajstić information content (AvgIpc) is 2.46. The number of ether oxygens (including phenoxy) is 2. The van der Waals surface area contributed by atoms with Gasteiger partial charge in [0.1, 0.15) is 18.5 Å². The van der Waals surface area contributed by atoms with E-state index in [2.05, 4.69) is 21.2 Å². The third-order valence-electron chi connectivity index (χ3n) is 2.68. The number of hydrogen-bond acceptors (Lipinski definition) is 5. The predicted octanol–water partition coefficient (Wildman–Crippen LogP) is 2.12. The summed E-state index contributed by atoms with van der Waals surface area (Å²) in [6.45, 7) is 3.52. The second-order valence-corrected chi connectivity index (χ2v) is 5.45. The van der Waals surface area contributed by atoms with E-state index in [-0.39, 0.29) is 12.6 Å². The fraction of sp³-hybridized carbons (Fsp3) is 0.533. The van der Waals surface area contributed by atoms with Crippen molar-refractivity contribution in [2.45, 2.75) is 25.9 Å². The number of hydrogen-bond donors (Lipinski definition) is 2. The Kier molecular flexibility index (Phi) is 9.05. The third-order valence-corrected chi connectivity index (χ3v) is 3.20. The van der Waals surface area contributed by atoms with Crippen LogP contribution >= 0.6 is 15.9 Å². The topological polar surface area (TPSA) is 67.8 Å². The molecular formula is C15H22BrNO4. The van der Waals surface area contributed by atoms with Gasteiger partial charge in [0.15, 0.2) is 0 Å². The minimum absolute atomic E-state index is 0.182. The van der Waals surface area contributed by atoms with Gasteiger partial charge in [0.05, 0.1) is 6.61 Å². The zero-order chi connectivity index (χ0) is 15.5. The summed E-state index contributed by atoms with van der Waals surface area (Å²) in [7, 11) is 0. The van der Waals surface area contributed by atoms with E-state index in [0.29, 0.717) is 32.5 Å². The maximum Gasteiger partial charge on any atom is 0.305 e. The molecule has 0 fully saturated rings. The lowest BCUT2D eigenvalue weighted by atomic mass is 10.3. The molecule has 1 rings (SSSR count). The normalized spacial score (nSPS) is 12.0. The lowest BCUT2D eigenvalue weighted by Gasteiger charge is -2.13. The summed E-state index contributed by atoms with van der Waals surface area (Å²) in [5, 5.41) is 12.9. The van der Waals surface area contributed by atoms with Crippen molar-refractivity contribution in [2.24, 2.45) is 0 Å². The van der Waals surface area contributed by atoms with Crippen LogP contribution in [-0.4, -0.2) is 43.5 Å². The molecule has 1 unspecified atom stereocenters. The monoisotopic (exact) mass is 359 g/mol. The van der Waals surface area contributed by atoms with E-state index in [1.54, 1.807) is 6.92 Å². The molecule has 5 nitrogen and oxygen atoms in total. The zero-order valence-electron chi connectivity index (χ0n) is 12.2. The van der Waals surface area contributed by atoms with Gasteiger partial charge in [-0.3, -0.25) is 4.79 Å². The second kappa shape index (κ2) is 10.6. The van der Waals surface area contributed by atoms with Crippen LogP contribution < -0.4 is 10.1 Å². The number of nitrogens with one attached hydrogen (secondary N) is 1. The number of benzene rings is 1. The Labute approximate surface area is 133 Å². The zero-order valence-corrected chi connectivity index (χ0v) is 13.8. The van der Waals surface area contributed by atoms with Gasteiger partial charge >= 0.3 is 5.97 Å². The Hall–Kier alpha value is -1.11. The molecule has 0 heterocycles. The summed E-state index contributed by atoms with van der Waals surface area (Å²) >= 11 is 3.35. The van der Waals surface area contributed by atoms with Crippen molar-refractivity contribution < 1.29 is 19.4 Å². The molecule has 21 heavy (non-hydrogen) atoms. The van der Waals surface area contributed by atoms with E-state index in [1.165, 1.54) is 0 Å². The van der Waals surface area contributed by atoms with Crippen LogP contribution in [0.5, 0.6) is 5.75 Å². The molecule has 1 aromatic carbocycles. The van der Waals surface area contributed by atoms with Crippen LogP contribution in [0, 0.1) is 0 Å². The van der Waals surface area contributed by atoms with Gasteiger partial charge in [0, 0.05) is 17.4 Å². The maximum atomic E-state index is 11.1. The number of carbonyl (C=O) groups is 1. The molecule has 0 saturated heterocycles. The Morgan fingerprint density at radius 1 is 1.38 bits per heavy atom. The molecule has 118 valence electrons. The van der Waals surface area contributed by atoms with Gasteiger partial charge in [-0.1, -0.05) is 15.9 Å². The summed E-state index contributed by atoms with van der Waals surface area (Å²) in [5.41, 5.74) is 0. The molecule has 0 radical (unpaired) electrons. The molecule has 0 aliphatic rings. The molecule has 0 aliphatic heterocycles. The maximum absolute atomic E-state index is 11.1. The highest BCUT2D eigenvalue weighted by molar-refractivity contribution is 9.10. The molecular weight excluding hydrogens is 338 g/mol. The molecule has 2 N–H and O–H groups in total. The quantitative estimate of drug-likeness (QED) is 0.494. The van der Waals surface area contributed by atoms with Gasteiger partial charge in [-0.2, -0.15) is 0 Å². The molecule has 0 bridgehead atoms. The minimum atomic E-state index is -0.587. The highest BCUT2D eigenvalue weighted by atomic mass is 79.9. The lowest BCUT2D eigenvalue weighted by molar-refractivity contribution is -0.143. The van der Waals surface area contributed by atoms with E-state index >= 15 is 0 Å². The summed E-state index contributed by atoms with van der Waals surface area (Å²) in [6, 6.07) is 7.44. The fourth-order valence-electron chi connectivity index (χ4n) is 1.64. The lowest BCUT2D eigenvalue weighted by Crippen LogP contribution is -2.32. The Bertz CT molecular complexity index is 411. The highest BCUT2D eigenvalue weighted by Crippen LogP contribution is 2.16. The predicted molar refractivity (Wildman–Crippen MR) is 84.4 cm³/mol. The molecule has 0 saturated carbocycles. The first-order valence-corrected chi connectivity index (χ1v) is 7.84. The van der Waals surface area contributed by atoms with Crippen molar-refractivity contribution in [1.82, 2.24) is 5.32 Å². The van der Waals surface area contributed by atoms with E-state index in [9.17, 15) is 9.90 Å². The molecule has 0 amide bonds. The van der Waals surface area contributed by atoms with Crippen LogP contribution in [0.15, 0.2) is 28.7 Å². The van der Waals surface area contributed by atoms with Gasteiger partial charge < -0.3 is 19.9 Å².